The molecular weight excluding hydrogens is 370 g/mol. The molecule has 0 spiro atoms. The summed E-state index contributed by atoms with van der Waals surface area (Å²) in [6.45, 7) is 1.77. The number of amides is 2. The van der Waals surface area contributed by atoms with Crippen LogP contribution in [-0.4, -0.2) is 29.0 Å². The molecule has 2 atom stereocenters. The van der Waals surface area contributed by atoms with Gasteiger partial charge in [-0.15, -0.1) is 0 Å². The number of hydrogen-bond donors (Lipinski definition) is 2. The van der Waals surface area contributed by atoms with Crippen molar-refractivity contribution in [3.05, 3.63) is 78.5 Å². The maximum absolute atomic E-state index is 12.7. The fraction of sp³-hybridized carbons (Fsp3) is 0.136. The number of para-hydroxylation sites is 2. The van der Waals surface area contributed by atoms with Crippen molar-refractivity contribution in [3.63, 3.8) is 0 Å². The standard InChI is InChI=1S/C22H19N3O4/c1-14-20(29-18-10-3-2-9-17(18)28-14)22(27)24-16-8-6-7-15(13-16)21(26)25-19-11-4-5-12-23-19/h2-14,20H,1H3,(H,24,27)(H,23,25,26). The molecule has 2 unspecified atom stereocenters. The largest absolute Gasteiger partial charge is 0.482 e. The summed E-state index contributed by atoms with van der Waals surface area (Å²) in [5, 5.41) is 5.51. The Balaban J connectivity index is 1.45. The minimum Gasteiger partial charge on any atom is -0.482 e. The Hall–Kier alpha value is -3.87. The topological polar surface area (TPSA) is 89.5 Å². The summed E-state index contributed by atoms with van der Waals surface area (Å²) in [7, 11) is 0. The quantitative estimate of drug-likeness (QED) is 0.713. The highest BCUT2D eigenvalue weighted by molar-refractivity contribution is 6.05. The summed E-state index contributed by atoms with van der Waals surface area (Å²) in [5.41, 5.74) is 0.881. The van der Waals surface area contributed by atoms with Crippen molar-refractivity contribution in [1.82, 2.24) is 4.98 Å². The number of fused-ring (bicyclic) bond motifs is 1. The fourth-order valence-corrected chi connectivity index (χ4v) is 2.98. The molecule has 0 bridgehead atoms. The third-order valence-electron chi connectivity index (χ3n) is 4.40. The van der Waals surface area contributed by atoms with Crippen LogP contribution >= 0.6 is 0 Å². The summed E-state index contributed by atoms with van der Waals surface area (Å²) in [6.07, 6.45) is 0.328. The highest BCUT2D eigenvalue weighted by atomic mass is 16.6. The molecule has 0 fully saturated rings. The van der Waals surface area contributed by atoms with Crippen molar-refractivity contribution in [1.29, 1.82) is 0 Å². The van der Waals surface area contributed by atoms with Crippen LogP contribution in [0.1, 0.15) is 17.3 Å². The SMILES string of the molecule is CC1Oc2ccccc2OC1C(=O)Nc1cccc(C(=O)Nc2ccccn2)c1. The number of nitrogens with zero attached hydrogens (tertiary/aromatic N) is 1. The van der Waals surface area contributed by atoms with Gasteiger partial charge in [-0.2, -0.15) is 0 Å². The van der Waals surface area contributed by atoms with Crippen molar-refractivity contribution in [2.45, 2.75) is 19.1 Å². The number of pyridine rings is 1. The molecule has 146 valence electrons. The molecule has 4 rings (SSSR count). The van der Waals surface area contributed by atoms with Crippen molar-refractivity contribution in [2.75, 3.05) is 10.6 Å². The molecule has 1 aliphatic rings. The number of benzene rings is 2. The molecule has 0 saturated heterocycles. The van der Waals surface area contributed by atoms with Gasteiger partial charge in [0, 0.05) is 17.4 Å². The molecule has 1 aliphatic heterocycles. The summed E-state index contributed by atoms with van der Waals surface area (Å²) >= 11 is 0. The van der Waals surface area contributed by atoms with Crippen molar-refractivity contribution < 1.29 is 19.1 Å². The number of rotatable bonds is 4. The predicted octanol–water partition coefficient (Wildman–Crippen LogP) is 3.50. The van der Waals surface area contributed by atoms with E-state index in [1.807, 2.05) is 12.1 Å². The second-order valence-corrected chi connectivity index (χ2v) is 6.55. The van der Waals surface area contributed by atoms with E-state index in [1.54, 1.807) is 67.7 Å². The van der Waals surface area contributed by atoms with Crippen LogP contribution in [-0.2, 0) is 4.79 Å². The molecule has 0 saturated carbocycles. The summed E-state index contributed by atoms with van der Waals surface area (Å²) < 4.78 is 11.6. The van der Waals surface area contributed by atoms with Crippen molar-refractivity contribution >= 4 is 23.3 Å². The molecule has 7 heteroatoms. The number of hydrogen-bond acceptors (Lipinski definition) is 5. The maximum Gasteiger partial charge on any atom is 0.269 e. The summed E-state index contributed by atoms with van der Waals surface area (Å²) in [4.78, 5) is 29.2. The first-order valence-corrected chi connectivity index (χ1v) is 9.16. The zero-order valence-corrected chi connectivity index (χ0v) is 15.7. The second kappa shape index (κ2) is 8.02. The number of nitrogens with one attached hydrogen (secondary N) is 2. The Morgan fingerprint density at radius 2 is 1.66 bits per heavy atom. The third-order valence-corrected chi connectivity index (χ3v) is 4.40. The van der Waals surface area contributed by atoms with E-state index in [9.17, 15) is 9.59 Å². The lowest BCUT2D eigenvalue weighted by atomic mass is 10.1. The Morgan fingerprint density at radius 1 is 0.897 bits per heavy atom. The first-order chi connectivity index (χ1) is 14.1. The van der Waals surface area contributed by atoms with Gasteiger partial charge in [0.05, 0.1) is 0 Å². The van der Waals surface area contributed by atoms with Crippen molar-refractivity contribution in [3.8, 4) is 11.5 Å². The normalized spacial score (nSPS) is 17.3. The van der Waals surface area contributed by atoms with Crippen molar-refractivity contribution in [2.24, 2.45) is 0 Å². The van der Waals surface area contributed by atoms with Gasteiger partial charge in [0.2, 0.25) is 6.10 Å². The molecule has 1 aromatic heterocycles. The molecule has 0 aliphatic carbocycles. The smallest absolute Gasteiger partial charge is 0.269 e. The Morgan fingerprint density at radius 3 is 2.41 bits per heavy atom. The first kappa shape index (κ1) is 18.5. The lowest BCUT2D eigenvalue weighted by Crippen LogP contribution is -2.46. The van der Waals surface area contributed by atoms with Crippen LogP contribution in [0.25, 0.3) is 0 Å². The molecule has 29 heavy (non-hydrogen) atoms. The minimum atomic E-state index is -0.809. The fourth-order valence-electron chi connectivity index (χ4n) is 2.98. The van der Waals surface area contributed by atoms with Gasteiger partial charge in [0.1, 0.15) is 11.9 Å². The van der Waals surface area contributed by atoms with Crippen LogP contribution < -0.4 is 20.1 Å². The van der Waals surface area contributed by atoms with E-state index >= 15 is 0 Å². The molecule has 2 amide bonds. The lowest BCUT2D eigenvalue weighted by molar-refractivity contribution is -0.128. The molecule has 2 N–H and O–H groups in total. The van der Waals surface area contributed by atoms with E-state index in [0.29, 0.717) is 28.6 Å². The lowest BCUT2D eigenvalue weighted by Gasteiger charge is -2.31. The Kier molecular flexibility index (Phi) is 5.11. The van der Waals surface area contributed by atoms with E-state index < -0.39 is 12.2 Å². The van der Waals surface area contributed by atoms with E-state index in [1.165, 1.54) is 0 Å². The second-order valence-electron chi connectivity index (χ2n) is 6.55. The average Bonchev–Trinajstić information content (AvgIpc) is 2.74. The van der Waals surface area contributed by atoms with Gasteiger partial charge < -0.3 is 20.1 Å². The maximum atomic E-state index is 12.7. The molecule has 2 heterocycles. The number of aromatic nitrogens is 1. The Labute approximate surface area is 167 Å². The van der Waals surface area contributed by atoms with Gasteiger partial charge in [-0.25, -0.2) is 4.98 Å². The number of carbonyl (C=O) groups excluding carboxylic acids is 2. The van der Waals surface area contributed by atoms with Gasteiger partial charge >= 0.3 is 0 Å². The van der Waals surface area contributed by atoms with E-state index in [4.69, 9.17) is 9.47 Å². The molecule has 0 radical (unpaired) electrons. The van der Waals surface area contributed by atoms with E-state index in [0.717, 1.165) is 0 Å². The minimum absolute atomic E-state index is 0.320. The van der Waals surface area contributed by atoms with Crippen LogP contribution in [0.2, 0.25) is 0 Å². The van der Waals surface area contributed by atoms with Gasteiger partial charge in [-0.3, -0.25) is 9.59 Å². The van der Waals surface area contributed by atoms with E-state index in [2.05, 4.69) is 15.6 Å². The van der Waals surface area contributed by atoms with Gasteiger partial charge in [-0.1, -0.05) is 24.3 Å². The molecular formula is C22H19N3O4. The molecule has 3 aromatic rings. The van der Waals surface area contributed by atoms with Crippen LogP contribution in [0.3, 0.4) is 0 Å². The number of anilines is 2. The zero-order valence-electron chi connectivity index (χ0n) is 15.7. The van der Waals surface area contributed by atoms with Gasteiger partial charge in [0.15, 0.2) is 11.5 Å². The van der Waals surface area contributed by atoms with Gasteiger partial charge in [-0.05, 0) is 49.4 Å². The first-order valence-electron chi connectivity index (χ1n) is 9.16. The number of carbonyl (C=O) groups is 2. The van der Waals surface area contributed by atoms with Gasteiger partial charge in [0.25, 0.3) is 11.8 Å². The average molecular weight is 389 g/mol. The van der Waals surface area contributed by atoms with Crippen LogP contribution in [0.5, 0.6) is 11.5 Å². The Bertz CT molecular complexity index is 1040. The monoisotopic (exact) mass is 389 g/mol. The van der Waals surface area contributed by atoms with Crippen LogP contribution in [0, 0.1) is 0 Å². The summed E-state index contributed by atoms with van der Waals surface area (Å²) in [6, 6.07) is 19.1. The molecule has 7 nitrogen and oxygen atoms in total. The predicted molar refractivity (Wildman–Crippen MR) is 108 cm³/mol. The zero-order chi connectivity index (χ0) is 20.2. The van der Waals surface area contributed by atoms with E-state index in [-0.39, 0.29) is 11.8 Å². The highest BCUT2D eigenvalue weighted by Gasteiger charge is 2.34. The van der Waals surface area contributed by atoms with Crippen LogP contribution in [0.4, 0.5) is 11.5 Å². The van der Waals surface area contributed by atoms with Crippen LogP contribution in [0.15, 0.2) is 72.9 Å². The molecule has 2 aromatic carbocycles. The number of ether oxygens (including phenoxy) is 2. The highest BCUT2D eigenvalue weighted by Crippen LogP contribution is 2.33. The summed E-state index contributed by atoms with van der Waals surface area (Å²) in [5.74, 6) is 0.910. The third kappa shape index (κ3) is 4.19.